The smallest absolute Gasteiger partial charge is 0.0162 e. The first kappa shape index (κ1) is 13.6. The maximum absolute atomic E-state index is 4.33. The van der Waals surface area contributed by atoms with Crippen LogP contribution in [0.2, 0.25) is 0 Å². The highest BCUT2D eigenvalue weighted by Crippen LogP contribution is 2.58. The summed E-state index contributed by atoms with van der Waals surface area (Å²) in [7, 11) is 0. The molecule has 0 atom stereocenters. The fraction of sp³-hybridized carbons (Fsp3) is 0.273. The van der Waals surface area contributed by atoms with Crippen molar-refractivity contribution in [2.45, 2.75) is 38.5 Å². The molecular weight excluding hydrogens is 264 g/mol. The fourth-order valence-electron chi connectivity index (χ4n) is 4.47. The van der Waals surface area contributed by atoms with Crippen LogP contribution >= 0.6 is 0 Å². The standard InChI is InChI=1S/C22H22/c1-13-14(2)21(3,4)19-15(13)11-12-17-16-9-7-8-10-18(16)22(5,6)20(17)19/h7-12H,1-2H2,3-6H3. The highest BCUT2D eigenvalue weighted by molar-refractivity contribution is 5.93. The number of hydrogen-bond acceptors (Lipinski definition) is 0. The molecule has 0 aromatic heterocycles. The molecule has 0 saturated heterocycles. The van der Waals surface area contributed by atoms with Gasteiger partial charge in [0.15, 0.2) is 0 Å². The number of benzene rings is 2. The summed E-state index contributed by atoms with van der Waals surface area (Å²) in [5.74, 6) is 0. The van der Waals surface area contributed by atoms with Crippen LogP contribution in [0.25, 0.3) is 16.7 Å². The molecule has 0 nitrogen and oxygen atoms in total. The van der Waals surface area contributed by atoms with Gasteiger partial charge in [-0.15, -0.1) is 0 Å². The maximum Gasteiger partial charge on any atom is 0.0162 e. The van der Waals surface area contributed by atoms with Crippen molar-refractivity contribution in [3.8, 4) is 11.1 Å². The van der Waals surface area contributed by atoms with Gasteiger partial charge < -0.3 is 0 Å². The van der Waals surface area contributed by atoms with Crippen LogP contribution in [0.5, 0.6) is 0 Å². The zero-order chi connectivity index (χ0) is 15.9. The second kappa shape index (κ2) is 3.81. The normalized spacial score (nSPS) is 19.8. The van der Waals surface area contributed by atoms with Gasteiger partial charge in [0.25, 0.3) is 0 Å². The van der Waals surface area contributed by atoms with Crippen molar-refractivity contribution >= 4 is 5.57 Å². The lowest BCUT2D eigenvalue weighted by molar-refractivity contribution is 0.601. The van der Waals surface area contributed by atoms with Gasteiger partial charge in [-0.05, 0) is 44.5 Å². The van der Waals surface area contributed by atoms with E-state index in [-0.39, 0.29) is 10.8 Å². The van der Waals surface area contributed by atoms with Gasteiger partial charge in [-0.2, -0.15) is 0 Å². The van der Waals surface area contributed by atoms with Gasteiger partial charge in [0.1, 0.15) is 0 Å². The van der Waals surface area contributed by atoms with E-state index >= 15 is 0 Å². The van der Waals surface area contributed by atoms with Crippen molar-refractivity contribution in [3.05, 3.63) is 77.4 Å². The molecule has 2 aliphatic carbocycles. The number of hydrogen-bond donors (Lipinski definition) is 0. The molecule has 2 aliphatic rings. The second-order valence-electron chi connectivity index (χ2n) is 7.66. The molecule has 0 heterocycles. The minimum atomic E-state index is -0.0446. The largest absolute Gasteiger partial charge is 0.0943 e. The van der Waals surface area contributed by atoms with Crippen LogP contribution in [0.3, 0.4) is 0 Å². The summed E-state index contributed by atoms with van der Waals surface area (Å²) in [6, 6.07) is 13.3. The van der Waals surface area contributed by atoms with Crippen LogP contribution in [-0.2, 0) is 10.8 Å². The first-order valence-corrected chi connectivity index (χ1v) is 7.95. The van der Waals surface area contributed by atoms with E-state index in [1.165, 1.54) is 33.4 Å². The molecule has 2 aromatic rings. The molecule has 22 heavy (non-hydrogen) atoms. The summed E-state index contributed by atoms with van der Waals surface area (Å²) >= 11 is 0. The Bertz CT molecular complexity index is 860. The molecule has 0 fully saturated rings. The van der Waals surface area contributed by atoms with Crippen molar-refractivity contribution in [2.24, 2.45) is 0 Å². The Morgan fingerprint density at radius 1 is 0.682 bits per heavy atom. The Hall–Kier alpha value is -2.08. The first-order valence-electron chi connectivity index (χ1n) is 7.95. The molecule has 0 aliphatic heterocycles. The highest BCUT2D eigenvalue weighted by Gasteiger charge is 2.45. The summed E-state index contributed by atoms with van der Waals surface area (Å²) in [5, 5.41) is 0. The number of rotatable bonds is 0. The van der Waals surface area contributed by atoms with E-state index in [9.17, 15) is 0 Å². The van der Waals surface area contributed by atoms with E-state index in [1.807, 2.05) is 0 Å². The summed E-state index contributed by atoms with van der Waals surface area (Å²) in [6.07, 6.45) is 0. The van der Waals surface area contributed by atoms with Crippen LogP contribution in [0, 0.1) is 0 Å². The van der Waals surface area contributed by atoms with Gasteiger partial charge in [-0.25, -0.2) is 0 Å². The lowest BCUT2D eigenvalue weighted by Gasteiger charge is -2.30. The third-order valence-electron chi connectivity index (χ3n) is 5.79. The molecule has 0 amide bonds. The number of fused-ring (bicyclic) bond motifs is 5. The summed E-state index contributed by atoms with van der Waals surface area (Å²) in [6.45, 7) is 17.9. The van der Waals surface area contributed by atoms with Gasteiger partial charge in [-0.3, -0.25) is 0 Å². The Kier molecular flexibility index (Phi) is 2.35. The van der Waals surface area contributed by atoms with Gasteiger partial charge in [0, 0.05) is 10.8 Å². The van der Waals surface area contributed by atoms with E-state index in [0.717, 1.165) is 11.1 Å². The second-order valence-corrected chi connectivity index (χ2v) is 7.66. The SMILES string of the molecule is C=C1C(=C)C(C)(C)c2c1ccc1c2C(C)(C)c2ccccc2-1. The van der Waals surface area contributed by atoms with Gasteiger partial charge in [0.05, 0.1) is 0 Å². The molecule has 0 radical (unpaired) electrons. The topological polar surface area (TPSA) is 0 Å². The Balaban J connectivity index is 2.16. The molecule has 0 unspecified atom stereocenters. The van der Waals surface area contributed by atoms with Crippen LogP contribution in [-0.4, -0.2) is 0 Å². The van der Waals surface area contributed by atoms with Crippen molar-refractivity contribution in [2.75, 3.05) is 0 Å². The maximum atomic E-state index is 4.33. The predicted octanol–water partition coefficient (Wildman–Crippen LogP) is 5.85. The van der Waals surface area contributed by atoms with Gasteiger partial charge in [0.2, 0.25) is 0 Å². The van der Waals surface area contributed by atoms with Crippen molar-refractivity contribution in [1.82, 2.24) is 0 Å². The molecule has 0 saturated carbocycles. The molecule has 4 rings (SSSR count). The lowest BCUT2D eigenvalue weighted by Crippen LogP contribution is -2.23. The van der Waals surface area contributed by atoms with Crippen LogP contribution < -0.4 is 0 Å². The predicted molar refractivity (Wildman–Crippen MR) is 95.2 cm³/mol. The Morgan fingerprint density at radius 3 is 2.00 bits per heavy atom. The first-order chi connectivity index (χ1) is 10.3. The van der Waals surface area contributed by atoms with E-state index in [1.54, 1.807) is 0 Å². The van der Waals surface area contributed by atoms with Crippen LogP contribution in [0.15, 0.2) is 55.1 Å². The van der Waals surface area contributed by atoms with Gasteiger partial charge >= 0.3 is 0 Å². The monoisotopic (exact) mass is 286 g/mol. The molecule has 110 valence electrons. The van der Waals surface area contributed by atoms with E-state index in [0.29, 0.717) is 0 Å². The molecule has 0 bridgehead atoms. The molecule has 0 N–H and O–H groups in total. The van der Waals surface area contributed by atoms with Crippen molar-refractivity contribution in [1.29, 1.82) is 0 Å². The van der Waals surface area contributed by atoms with Crippen molar-refractivity contribution in [3.63, 3.8) is 0 Å². The lowest BCUT2D eigenvalue weighted by atomic mass is 9.73. The minimum Gasteiger partial charge on any atom is -0.0943 e. The van der Waals surface area contributed by atoms with E-state index in [2.05, 4.69) is 77.3 Å². The molecular formula is C22H22. The van der Waals surface area contributed by atoms with Crippen molar-refractivity contribution < 1.29 is 0 Å². The number of allylic oxidation sites excluding steroid dienone is 2. The zero-order valence-corrected chi connectivity index (χ0v) is 13.9. The molecule has 2 aromatic carbocycles. The van der Waals surface area contributed by atoms with Crippen LogP contribution in [0.1, 0.15) is 49.9 Å². The fourth-order valence-corrected chi connectivity index (χ4v) is 4.47. The highest BCUT2D eigenvalue weighted by atomic mass is 14.5. The average Bonchev–Trinajstić information content (AvgIpc) is 2.83. The summed E-state index contributed by atoms with van der Waals surface area (Å²) in [5.41, 5.74) is 10.6. The Labute approximate surface area is 133 Å². The average molecular weight is 286 g/mol. The Morgan fingerprint density at radius 2 is 1.27 bits per heavy atom. The third kappa shape index (κ3) is 1.34. The van der Waals surface area contributed by atoms with Crippen LogP contribution in [0.4, 0.5) is 0 Å². The summed E-state index contributed by atoms with van der Waals surface area (Å²) in [4.78, 5) is 0. The minimum absolute atomic E-state index is 0.0272. The molecule has 0 heteroatoms. The zero-order valence-electron chi connectivity index (χ0n) is 13.9. The quantitative estimate of drug-likeness (QED) is 0.569. The van der Waals surface area contributed by atoms with E-state index < -0.39 is 0 Å². The van der Waals surface area contributed by atoms with Gasteiger partial charge in [-0.1, -0.05) is 77.3 Å². The van der Waals surface area contributed by atoms with E-state index in [4.69, 9.17) is 0 Å². The summed E-state index contributed by atoms with van der Waals surface area (Å²) < 4.78 is 0. The third-order valence-corrected chi connectivity index (χ3v) is 5.79. The molecule has 0 spiro atoms.